The smallest absolute Gasteiger partial charge is 0.330 e. The van der Waals surface area contributed by atoms with Crippen LogP contribution in [0.3, 0.4) is 0 Å². The van der Waals surface area contributed by atoms with E-state index in [1.54, 1.807) is 12.4 Å². The average molecular weight is 545 g/mol. The number of esters is 1. The van der Waals surface area contributed by atoms with E-state index in [1.807, 2.05) is 109 Å². The van der Waals surface area contributed by atoms with E-state index in [9.17, 15) is 9.59 Å². The molecule has 4 aromatic carbocycles. The normalized spacial score (nSPS) is 12.3. The van der Waals surface area contributed by atoms with Crippen molar-refractivity contribution in [3.8, 4) is 0 Å². The number of nitrogens with one attached hydrogen (secondary N) is 2. The van der Waals surface area contributed by atoms with Gasteiger partial charge in [0.05, 0.1) is 17.4 Å². The second-order valence-electron chi connectivity index (χ2n) is 9.82. The Bertz CT molecular complexity index is 1520. The number of aromatic amines is 1. The minimum absolute atomic E-state index is 0.135. The minimum Gasteiger partial charge on any atom is -0.458 e. The number of hydrogen-bond donors (Lipinski definition) is 3. The van der Waals surface area contributed by atoms with Crippen LogP contribution < -0.4 is 11.1 Å². The fourth-order valence-corrected chi connectivity index (χ4v) is 4.92. The number of nitrogens with zero attached hydrogens (tertiary/aromatic N) is 1. The van der Waals surface area contributed by atoms with E-state index in [0.29, 0.717) is 6.42 Å². The van der Waals surface area contributed by atoms with Crippen molar-refractivity contribution >= 4 is 22.9 Å². The van der Waals surface area contributed by atoms with Crippen molar-refractivity contribution in [2.75, 3.05) is 0 Å². The lowest BCUT2D eigenvalue weighted by Crippen LogP contribution is -2.48. The van der Waals surface area contributed by atoms with Crippen LogP contribution >= 0.6 is 0 Å². The highest BCUT2D eigenvalue weighted by atomic mass is 16.5. The van der Waals surface area contributed by atoms with Crippen LogP contribution in [0, 0.1) is 0 Å². The van der Waals surface area contributed by atoms with E-state index in [-0.39, 0.29) is 18.9 Å². The molecule has 1 heterocycles. The van der Waals surface area contributed by atoms with Crippen LogP contribution in [0.5, 0.6) is 0 Å². The molecule has 1 aromatic heterocycles. The predicted molar refractivity (Wildman–Crippen MR) is 160 cm³/mol. The maximum atomic E-state index is 13.5. The molecule has 0 unspecified atom stereocenters. The Labute approximate surface area is 239 Å². The number of aromatic nitrogens is 2. The molecule has 0 radical (unpaired) electrons. The summed E-state index contributed by atoms with van der Waals surface area (Å²) in [6.45, 7) is 0.135. The maximum absolute atomic E-state index is 13.5. The third-order valence-corrected chi connectivity index (χ3v) is 7.00. The van der Waals surface area contributed by atoms with Crippen LogP contribution in [0.2, 0.25) is 0 Å². The average Bonchev–Trinajstić information content (AvgIpc) is 3.50. The number of H-pyrrole nitrogens is 1. The lowest BCUT2D eigenvalue weighted by Gasteiger charge is -2.37. The molecule has 0 aliphatic carbocycles. The van der Waals surface area contributed by atoms with Crippen LogP contribution in [0.15, 0.2) is 128 Å². The minimum atomic E-state index is -0.885. The Morgan fingerprint density at radius 2 is 1.46 bits per heavy atom. The molecule has 206 valence electrons. The lowest BCUT2D eigenvalue weighted by atomic mass is 9.77. The van der Waals surface area contributed by atoms with Gasteiger partial charge in [0.25, 0.3) is 0 Å². The molecule has 41 heavy (non-hydrogen) atoms. The van der Waals surface area contributed by atoms with Gasteiger partial charge in [-0.15, -0.1) is 0 Å². The quantitative estimate of drug-likeness (QED) is 0.118. The third-order valence-electron chi connectivity index (χ3n) is 7.00. The second kappa shape index (κ2) is 12.9. The molecule has 1 atom stereocenters. The van der Waals surface area contributed by atoms with Gasteiger partial charge < -0.3 is 20.8 Å². The SMILES string of the molecule is N[C@H](/C=C/C(=O)OCc1ccc2nc[nH]c2c1)CCC(=O)NC(c1ccccc1)(c1ccccc1)c1ccccc1. The first-order chi connectivity index (χ1) is 20.0. The Balaban J connectivity index is 1.24. The molecule has 5 aromatic rings. The standard InChI is InChI=1S/C34H32N4O3/c35-29(18-21-33(40)41-23-25-16-19-30-31(22-25)37-24-36-30)17-20-32(39)38-34(26-10-4-1-5-11-26,27-12-6-2-7-13-27)28-14-8-3-9-15-28/h1-16,18-19,21-22,24,29H,17,20,23,35H2,(H,36,37)(H,38,39)/b21-18+/t29-/m0/s1. The molecule has 4 N–H and O–H groups in total. The van der Waals surface area contributed by atoms with Gasteiger partial charge in [0, 0.05) is 18.5 Å². The van der Waals surface area contributed by atoms with Gasteiger partial charge >= 0.3 is 5.97 Å². The van der Waals surface area contributed by atoms with Gasteiger partial charge in [0.15, 0.2) is 0 Å². The highest BCUT2D eigenvalue weighted by molar-refractivity contribution is 5.82. The number of amides is 1. The van der Waals surface area contributed by atoms with Crippen molar-refractivity contribution in [1.29, 1.82) is 0 Å². The molecule has 1 amide bonds. The van der Waals surface area contributed by atoms with Crippen molar-refractivity contribution in [3.05, 3.63) is 150 Å². The van der Waals surface area contributed by atoms with E-state index in [1.165, 1.54) is 6.08 Å². The summed E-state index contributed by atoms with van der Waals surface area (Å²) in [6, 6.07) is 35.0. The second-order valence-corrected chi connectivity index (χ2v) is 9.82. The maximum Gasteiger partial charge on any atom is 0.330 e. The molecular weight excluding hydrogens is 512 g/mol. The zero-order valence-corrected chi connectivity index (χ0v) is 22.6. The number of imidazole rings is 1. The Hall–Kier alpha value is -5.01. The molecule has 7 nitrogen and oxygen atoms in total. The highest BCUT2D eigenvalue weighted by Crippen LogP contribution is 2.36. The largest absolute Gasteiger partial charge is 0.458 e. The van der Waals surface area contributed by atoms with Gasteiger partial charge in [-0.1, -0.05) is 103 Å². The summed E-state index contributed by atoms with van der Waals surface area (Å²) in [5, 5.41) is 3.33. The van der Waals surface area contributed by atoms with Gasteiger partial charge in [-0.05, 0) is 40.8 Å². The zero-order valence-electron chi connectivity index (χ0n) is 22.6. The van der Waals surface area contributed by atoms with Crippen molar-refractivity contribution in [2.24, 2.45) is 5.73 Å². The molecule has 0 aliphatic rings. The van der Waals surface area contributed by atoms with Crippen LogP contribution in [0.4, 0.5) is 0 Å². The van der Waals surface area contributed by atoms with Crippen LogP contribution in [0.1, 0.15) is 35.1 Å². The Morgan fingerprint density at radius 3 is 2.05 bits per heavy atom. The van der Waals surface area contributed by atoms with Gasteiger partial charge in [-0.2, -0.15) is 0 Å². The van der Waals surface area contributed by atoms with Crippen molar-refractivity contribution in [2.45, 2.75) is 31.0 Å². The van der Waals surface area contributed by atoms with Gasteiger partial charge in [-0.25, -0.2) is 9.78 Å². The summed E-state index contributed by atoms with van der Waals surface area (Å²) >= 11 is 0. The fraction of sp³-hybridized carbons (Fsp3) is 0.147. The first kappa shape index (κ1) is 27.6. The summed E-state index contributed by atoms with van der Waals surface area (Å²) in [5.74, 6) is -0.645. The first-order valence-corrected chi connectivity index (χ1v) is 13.5. The predicted octanol–water partition coefficient (Wildman–Crippen LogP) is 5.38. The number of hydrogen-bond acceptors (Lipinski definition) is 5. The molecule has 0 bridgehead atoms. The lowest BCUT2D eigenvalue weighted by molar-refractivity contribution is -0.139. The summed E-state index contributed by atoms with van der Waals surface area (Å²) in [6.07, 6.45) is 5.06. The molecule has 0 saturated heterocycles. The van der Waals surface area contributed by atoms with Gasteiger partial charge in [0.1, 0.15) is 12.1 Å². The van der Waals surface area contributed by atoms with E-state index < -0.39 is 17.6 Å². The zero-order chi connectivity index (χ0) is 28.5. The van der Waals surface area contributed by atoms with E-state index in [2.05, 4.69) is 15.3 Å². The number of carbonyl (C=O) groups is 2. The number of ether oxygens (including phenoxy) is 1. The molecule has 0 saturated carbocycles. The summed E-state index contributed by atoms with van der Waals surface area (Å²) < 4.78 is 5.35. The molecular formula is C34H32N4O3. The molecule has 7 heteroatoms. The molecule has 0 spiro atoms. The van der Waals surface area contributed by atoms with Crippen LogP contribution in [-0.4, -0.2) is 27.9 Å². The van der Waals surface area contributed by atoms with Crippen molar-refractivity contribution in [1.82, 2.24) is 15.3 Å². The topological polar surface area (TPSA) is 110 Å². The number of rotatable bonds is 11. The number of fused-ring (bicyclic) bond motifs is 1. The highest BCUT2D eigenvalue weighted by Gasteiger charge is 2.37. The summed E-state index contributed by atoms with van der Waals surface area (Å²) in [7, 11) is 0. The molecule has 0 fully saturated rings. The van der Waals surface area contributed by atoms with Crippen LogP contribution in [0.25, 0.3) is 11.0 Å². The number of benzene rings is 4. The fourth-order valence-electron chi connectivity index (χ4n) is 4.92. The van der Waals surface area contributed by atoms with E-state index in [0.717, 1.165) is 33.3 Å². The van der Waals surface area contributed by atoms with Gasteiger partial charge in [0.2, 0.25) is 5.91 Å². The Morgan fingerprint density at radius 1 is 0.878 bits per heavy atom. The van der Waals surface area contributed by atoms with Crippen molar-refractivity contribution in [3.63, 3.8) is 0 Å². The summed E-state index contributed by atoms with van der Waals surface area (Å²) in [5.41, 5.74) is 10.8. The third kappa shape index (κ3) is 6.59. The van der Waals surface area contributed by atoms with Gasteiger partial charge in [-0.3, -0.25) is 4.79 Å². The first-order valence-electron chi connectivity index (χ1n) is 13.5. The molecule has 0 aliphatic heterocycles. The Kier molecular flexibility index (Phi) is 8.67. The van der Waals surface area contributed by atoms with E-state index in [4.69, 9.17) is 10.5 Å². The molecule has 5 rings (SSSR count). The van der Waals surface area contributed by atoms with Crippen LogP contribution in [-0.2, 0) is 26.5 Å². The summed E-state index contributed by atoms with van der Waals surface area (Å²) in [4.78, 5) is 33.0. The van der Waals surface area contributed by atoms with Crippen molar-refractivity contribution < 1.29 is 14.3 Å². The monoisotopic (exact) mass is 544 g/mol. The van der Waals surface area contributed by atoms with E-state index >= 15 is 0 Å². The number of nitrogens with two attached hydrogens (primary N) is 1. The number of carbonyl (C=O) groups excluding carboxylic acids is 2.